The molecule has 0 unspecified atom stereocenters. The first-order valence-corrected chi connectivity index (χ1v) is 4.81. The molecule has 1 aromatic rings. The number of aromatic hydroxyl groups is 1. The summed E-state index contributed by atoms with van der Waals surface area (Å²) in [7, 11) is 1.40. The Morgan fingerprint density at radius 2 is 2.25 bits per heavy atom. The fourth-order valence-corrected chi connectivity index (χ4v) is 1.43. The summed E-state index contributed by atoms with van der Waals surface area (Å²) in [5.74, 6) is 0.130. The predicted molar refractivity (Wildman–Crippen MR) is 58.0 cm³/mol. The second kappa shape index (κ2) is 5.35. The summed E-state index contributed by atoms with van der Waals surface area (Å²) in [5, 5.41) is 27.4. The number of ether oxygens (including phenoxy) is 1. The molecule has 0 aliphatic carbocycles. The quantitative estimate of drug-likeness (QED) is 0.694. The van der Waals surface area contributed by atoms with Crippen LogP contribution >= 0.6 is 0 Å². The van der Waals surface area contributed by atoms with Crippen molar-refractivity contribution in [2.24, 2.45) is 5.73 Å². The van der Waals surface area contributed by atoms with E-state index in [0.717, 1.165) is 0 Å². The Hall–Kier alpha value is -1.77. The van der Waals surface area contributed by atoms with E-state index in [2.05, 4.69) is 0 Å². The molecule has 1 rings (SSSR count). The minimum absolute atomic E-state index is 0.0811. The minimum atomic E-state index is -0.521. The second-order valence-electron chi connectivity index (χ2n) is 3.35. The molecule has 0 bridgehead atoms. The fourth-order valence-electron chi connectivity index (χ4n) is 1.43. The Bertz CT molecular complexity index is 412. The van der Waals surface area contributed by atoms with Gasteiger partial charge in [0.2, 0.25) is 0 Å². The van der Waals surface area contributed by atoms with Crippen molar-refractivity contribution in [3.8, 4) is 17.6 Å². The Balaban J connectivity index is 3.21. The molecule has 0 saturated carbocycles. The number of hydrogen-bond donors (Lipinski definition) is 3. The highest BCUT2D eigenvalue weighted by Gasteiger charge is 2.16. The number of nitriles is 1. The van der Waals surface area contributed by atoms with E-state index in [4.69, 9.17) is 20.8 Å². The van der Waals surface area contributed by atoms with Crippen LogP contribution in [0.4, 0.5) is 0 Å². The average Bonchev–Trinajstić information content (AvgIpc) is 2.29. The number of methoxy groups -OCH3 is 1. The van der Waals surface area contributed by atoms with E-state index in [0.29, 0.717) is 17.5 Å². The number of aliphatic hydroxyl groups excluding tert-OH is 1. The molecular formula is C11H14N2O3. The maximum Gasteiger partial charge on any atom is 0.162 e. The van der Waals surface area contributed by atoms with E-state index in [1.54, 1.807) is 0 Å². The number of phenolic OH excluding ortho intramolecular Hbond substituents is 1. The van der Waals surface area contributed by atoms with E-state index in [-0.39, 0.29) is 18.1 Å². The Morgan fingerprint density at radius 3 is 2.75 bits per heavy atom. The summed E-state index contributed by atoms with van der Waals surface area (Å²) < 4.78 is 4.94. The molecule has 0 aliphatic rings. The van der Waals surface area contributed by atoms with Crippen LogP contribution in [0, 0.1) is 11.3 Å². The fraction of sp³-hybridized carbons (Fsp3) is 0.364. The SMILES string of the molecule is COc1cc(C#N)cc([C@H](N)CCO)c1O. The zero-order valence-corrected chi connectivity index (χ0v) is 8.97. The molecule has 86 valence electrons. The van der Waals surface area contributed by atoms with Crippen LogP contribution in [0.3, 0.4) is 0 Å². The summed E-state index contributed by atoms with van der Waals surface area (Å²) in [6.07, 6.45) is 0.311. The molecule has 5 heteroatoms. The molecule has 0 spiro atoms. The molecule has 1 atom stereocenters. The zero-order chi connectivity index (χ0) is 12.1. The first kappa shape index (κ1) is 12.3. The van der Waals surface area contributed by atoms with Crippen molar-refractivity contribution in [2.75, 3.05) is 13.7 Å². The molecule has 5 nitrogen and oxygen atoms in total. The first-order chi connectivity index (χ1) is 7.63. The second-order valence-corrected chi connectivity index (χ2v) is 3.35. The summed E-state index contributed by atoms with van der Waals surface area (Å²) in [6, 6.07) is 4.37. The third-order valence-electron chi connectivity index (χ3n) is 2.29. The molecule has 1 aromatic carbocycles. The van der Waals surface area contributed by atoms with Gasteiger partial charge in [0.25, 0.3) is 0 Å². The molecule has 0 radical (unpaired) electrons. The monoisotopic (exact) mass is 222 g/mol. The van der Waals surface area contributed by atoms with Crippen molar-refractivity contribution in [1.29, 1.82) is 5.26 Å². The van der Waals surface area contributed by atoms with Gasteiger partial charge in [-0.2, -0.15) is 5.26 Å². The molecule has 0 aliphatic heterocycles. The van der Waals surface area contributed by atoms with Gasteiger partial charge in [0.15, 0.2) is 11.5 Å². The number of phenols is 1. The maximum atomic E-state index is 9.81. The van der Waals surface area contributed by atoms with Crippen LogP contribution in [0.25, 0.3) is 0 Å². The minimum Gasteiger partial charge on any atom is -0.504 e. The number of aliphatic hydroxyl groups is 1. The van der Waals surface area contributed by atoms with Crippen LogP contribution in [-0.2, 0) is 0 Å². The van der Waals surface area contributed by atoms with Gasteiger partial charge in [0.1, 0.15) is 0 Å². The van der Waals surface area contributed by atoms with Gasteiger partial charge in [-0.1, -0.05) is 0 Å². The number of nitrogens with zero attached hydrogens (tertiary/aromatic N) is 1. The number of nitrogens with two attached hydrogens (primary N) is 1. The third kappa shape index (κ3) is 2.42. The molecule has 0 amide bonds. The van der Waals surface area contributed by atoms with Crippen molar-refractivity contribution in [3.05, 3.63) is 23.3 Å². The van der Waals surface area contributed by atoms with Crippen LogP contribution in [0.2, 0.25) is 0 Å². The van der Waals surface area contributed by atoms with Crippen LogP contribution in [0.1, 0.15) is 23.6 Å². The summed E-state index contributed by atoms with van der Waals surface area (Å²) >= 11 is 0. The molecule has 0 saturated heterocycles. The van der Waals surface area contributed by atoms with Gasteiger partial charge >= 0.3 is 0 Å². The summed E-state index contributed by atoms with van der Waals surface area (Å²) in [6.45, 7) is -0.0836. The van der Waals surface area contributed by atoms with Crippen molar-refractivity contribution in [1.82, 2.24) is 0 Å². The van der Waals surface area contributed by atoms with Gasteiger partial charge in [0, 0.05) is 24.3 Å². The lowest BCUT2D eigenvalue weighted by Crippen LogP contribution is -2.12. The topological polar surface area (TPSA) is 99.5 Å². The Morgan fingerprint density at radius 1 is 1.56 bits per heavy atom. The summed E-state index contributed by atoms with van der Waals surface area (Å²) in [4.78, 5) is 0. The van der Waals surface area contributed by atoms with Crippen molar-refractivity contribution in [2.45, 2.75) is 12.5 Å². The predicted octanol–water partition coefficient (Wildman–Crippen LogP) is 0.655. The molecule has 0 aromatic heterocycles. The van der Waals surface area contributed by atoms with E-state index in [1.165, 1.54) is 19.2 Å². The van der Waals surface area contributed by atoms with Gasteiger partial charge in [-0.15, -0.1) is 0 Å². The van der Waals surface area contributed by atoms with Crippen molar-refractivity contribution < 1.29 is 14.9 Å². The molecule has 0 fully saturated rings. The Labute approximate surface area is 93.7 Å². The van der Waals surface area contributed by atoms with Crippen LogP contribution in [0.5, 0.6) is 11.5 Å². The lowest BCUT2D eigenvalue weighted by atomic mass is 10.0. The average molecular weight is 222 g/mol. The lowest BCUT2D eigenvalue weighted by Gasteiger charge is -2.15. The highest BCUT2D eigenvalue weighted by atomic mass is 16.5. The van der Waals surface area contributed by atoms with Crippen LogP contribution in [0.15, 0.2) is 12.1 Å². The number of hydrogen-bond acceptors (Lipinski definition) is 5. The highest BCUT2D eigenvalue weighted by Crippen LogP contribution is 2.35. The Kier molecular flexibility index (Phi) is 4.11. The van der Waals surface area contributed by atoms with Gasteiger partial charge in [-0.05, 0) is 12.5 Å². The summed E-state index contributed by atoms with van der Waals surface area (Å²) in [5.41, 5.74) is 6.54. The molecule has 16 heavy (non-hydrogen) atoms. The molecule has 4 N–H and O–H groups in total. The normalized spacial score (nSPS) is 11.9. The van der Waals surface area contributed by atoms with Crippen molar-refractivity contribution in [3.63, 3.8) is 0 Å². The maximum absolute atomic E-state index is 9.81. The van der Waals surface area contributed by atoms with Gasteiger partial charge < -0.3 is 20.7 Å². The largest absolute Gasteiger partial charge is 0.504 e. The molecule has 0 heterocycles. The number of benzene rings is 1. The molecular weight excluding hydrogens is 208 g/mol. The standard InChI is InChI=1S/C11H14N2O3/c1-16-10-5-7(6-12)4-8(11(10)15)9(13)2-3-14/h4-5,9,14-15H,2-3,13H2,1H3/t9-/m1/s1. The van der Waals surface area contributed by atoms with E-state index in [1.807, 2.05) is 6.07 Å². The number of rotatable bonds is 4. The first-order valence-electron chi connectivity index (χ1n) is 4.81. The van der Waals surface area contributed by atoms with Crippen LogP contribution in [-0.4, -0.2) is 23.9 Å². The van der Waals surface area contributed by atoms with Gasteiger partial charge in [-0.25, -0.2) is 0 Å². The van der Waals surface area contributed by atoms with Gasteiger partial charge in [-0.3, -0.25) is 0 Å². The van der Waals surface area contributed by atoms with Crippen LogP contribution < -0.4 is 10.5 Å². The van der Waals surface area contributed by atoms with E-state index >= 15 is 0 Å². The van der Waals surface area contributed by atoms with E-state index < -0.39 is 6.04 Å². The van der Waals surface area contributed by atoms with E-state index in [9.17, 15) is 5.11 Å². The third-order valence-corrected chi connectivity index (χ3v) is 2.29. The lowest BCUT2D eigenvalue weighted by molar-refractivity contribution is 0.275. The highest BCUT2D eigenvalue weighted by molar-refractivity contribution is 5.52. The smallest absolute Gasteiger partial charge is 0.162 e. The van der Waals surface area contributed by atoms with Gasteiger partial charge in [0.05, 0.1) is 18.7 Å². The van der Waals surface area contributed by atoms with Crippen molar-refractivity contribution >= 4 is 0 Å². The zero-order valence-electron chi connectivity index (χ0n) is 8.97.